The Morgan fingerprint density at radius 2 is 2.10 bits per heavy atom. The Kier molecular flexibility index (Phi) is 4.14. The molecule has 2 heterocycles. The third-order valence-electron chi connectivity index (χ3n) is 2.82. The van der Waals surface area contributed by atoms with Gasteiger partial charge in [0, 0.05) is 26.0 Å². The molecule has 0 aliphatic rings. The minimum atomic E-state index is -0.457. The normalized spacial score (nSPS) is 10.1. The molecule has 2 rings (SSSR count). The van der Waals surface area contributed by atoms with Crippen LogP contribution in [0.3, 0.4) is 0 Å². The lowest BCUT2D eigenvalue weighted by atomic mass is 10.2. The highest BCUT2D eigenvalue weighted by Gasteiger charge is 2.17. The summed E-state index contributed by atoms with van der Waals surface area (Å²) in [6.07, 6.45) is 4.96. The van der Waals surface area contributed by atoms with E-state index in [0.717, 1.165) is 5.56 Å². The van der Waals surface area contributed by atoms with Crippen molar-refractivity contribution in [3.05, 3.63) is 47.9 Å². The van der Waals surface area contributed by atoms with Crippen molar-refractivity contribution in [3.63, 3.8) is 0 Å². The van der Waals surface area contributed by atoms with Gasteiger partial charge in [-0.25, -0.2) is 9.78 Å². The maximum atomic E-state index is 11.8. The van der Waals surface area contributed by atoms with Crippen LogP contribution in [0.1, 0.15) is 15.9 Å². The van der Waals surface area contributed by atoms with Gasteiger partial charge in [0.05, 0.1) is 19.0 Å². The molecule has 104 valence electrons. The predicted molar refractivity (Wildman–Crippen MR) is 76.3 cm³/mol. The molecule has 0 aliphatic carbocycles. The van der Waals surface area contributed by atoms with E-state index in [1.165, 1.54) is 13.3 Å². The minimum absolute atomic E-state index is 0.351. The molecule has 0 saturated heterocycles. The molecule has 0 fully saturated rings. The molecule has 20 heavy (non-hydrogen) atoms. The van der Waals surface area contributed by atoms with Gasteiger partial charge in [0.15, 0.2) is 0 Å². The number of hydrogen-bond donors (Lipinski definition) is 1. The van der Waals surface area contributed by atoms with Crippen molar-refractivity contribution in [2.75, 3.05) is 24.8 Å². The molecule has 2 aromatic rings. The van der Waals surface area contributed by atoms with Crippen LogP contribution >= 0.6 is 0 Å². The van der Waals surface area contributed by atoms with Crippen LogP contribution in [0.25, 0.3) is 0 Å². The van der Waals surface area contributed by atoms with Gasteiger partial charge in [-0.2, -0.15) is 0 Å². The second-order valence-corrected chi connectivity index (χ2v) is 4.34. The van der Waals surface area contributed by atoms with Crippen molar-refractivity contribution >= 4 is 17.5 Å². The minimum Gasteiger partial charge on any atom is -0.465 e. The van der Waals surface area contributed by atoms with Crippen molar-refractivity contribution in [2.24, 2.45) is 0 Å². The monoisotopic (exact) mass is 272 g/mol. The van der Waals surface area contributed by atoms with Gasteiger partial charge in [-0.15, -0.1) is 0 Å². The molecule has 0 spiro atoms. The maximum Gasteiger partial charge on any atom is 0.341 e. The molecule has 6 nitrogen and oxygen atoms in total. The molecule has 0 saturated carbocycles. The van der Waals surface area contributed by atoms with Crippen molar-refractivity contribution in [2.45, 2.75) is 6.54 Å². The number of nitrogen functional groups attached to an aromatic ring is 1. The molecule has 0 radical (unpaired) electrons. The van der Waals surface area contributed by atoms with E-state index < -0.39 is 5.97 Å². The predicted octanol–water partition coefficient (Wildman–Crippen LogP) is 1.48. The van der Waals surface area contributed by atoms with Crippen LogP contribution in [-0.4, -0.2) is 30.1 Å². The Morgan fingerprint density at radius 1 is 1.40 bits per heavy atom. The van der Waals surface area contributed by atoms with E-state index in [1.54, 1.807) is 18.5 Å². The molecule has 0 atom stereocenters. The first-order valence-electron chi connectivity index (χ1n) is 6.05. The molecule has 2 N–H and O–H groups in total. The summed E-state index contributed by atoms with van der Waals surface area (Å²) in [4.78, 5) is 21.9. The van der Waals surface area contributed by atoms with Crippen LogP contribution in [0.5, 0.6) is 0 Å². The second kappa shape index (κ2) is 6.01. The zero-order valence-electron chi connectivity index (χ0n) is 11.4. The summed E-state index contributed by atoms with van der Waals surface area (Å²) >= 11 is 0. The van der Waals surface area contributed by atoms with E-state index in [2.05, 4.69) is 9.97 Å². The summed E-state index contributed by atoms with van der Waals surface area (Å²) in [5.74, 6) is 0.0734. The van der Waals surface area contributed by atoms with Gasteiger partial charge in [0.25, 0.3) is 0 Å². The van der Waals surface area contributed by atoms with E-state index in [0.29, 0.717) is 23.6 Å². The summed E-state index contributed by atoms with van der Waals surface area (Å²) < 4.78 is 4.76. The number of pyridine rings is 2. The highest BCUT2D eigenvalue weighted by atomic mass is 16.5. The molecular formula is C14H16N4O2. The molecule has 2 aromatic heterocycles. The molecule has 0 aromatic carbocycles. The molecule has 0 bridgehead atoms. The number of aromatic nitrogens is 2. The van der Waals surface area contributed by atoms with Crippen molar-refractivity contribution in [1.29, 1.82) is 0 Å². The standard InChI is InChI=1S/C14H16N4O2/c1-18(9-10-3-5-16-6-4-10)13-12(14(19)20-2)7-11(15)8-17-13/h3-8H,9,15H2,1-2H3. The number of nitrogens with zero attached hydrogens (tertiary/aromatic N) is 3. The highest BCUT2D eigenvalue weighted by Crippen LogP contribution is 2.21. The molecule has 0 amide bonds. The van der Waals surface area contributed by atoms with Crippen LogP contribution in [0.4, 0.5) is 11.5 Å². The van der Waals surface area contributed by atoms with Gasteiger partial charge < -0.3 is 15.4 Å². The quantitative estimate of drug-likeness (QED) is 0.849. The van der Waals surface area contributed by atoms with Gasteiger partial charge in [0.2, 0.25) is 0 Å². The second-order valence-electron chi connectivity index (χ2n) is 4.34. The molecule has 0 unspecified atom stereocenters. The van der Waals surface area contributed by atoms with E-state index in [4.69, 9.17) is 10.5 Å². The van der Waals surface area contributed by atoms with Crippen LogP contribution in [0.2, 0.25) is 0 Å². The largest absolute Gasteiger partial charge is 0.465 e. The first-order chi connectivity index (χ1) is 9.61. The Bertz CT molecular complexity index is 601. The van der Waals surface area contributed by atoms with Crippen molar-refractivity contribution < 1.29 is 9.53 Å². The van der Waals surface area contributed by atoms with E-state index >= 15 is 0 Å². The van der Waals surface area contributed by atoms with Crippen LogP contribution in [-0.2, 0) is 11.3 Å². The molecule has 0 aliphatic heterocycles. The molecular weight excluding hydrogens is 256 g/mol. The Labute approximate surface area is 117 Å². The van der Waals surface area contributed by atoms with Crippen molar-refractivity contribution in [1.82, 2.24) is 9.97 Å². The lowest BCUT2D eigenvalue weighted by Crippen LogP contribution is -2.21. The number of methoxy groups -OCH3 is 1. The summed E-state index contributed by atoms with van der Waals surface area (Å²) in [7, 11) is 3.18. The first-order valence-corrected chi connectivity index (χ1v) is 6.05. The maximum absolute atomic E-state index is 11.8. The smallest absolute Gasteiger partial charge is 0.341 e. The SMILES string of the molecule is COC(=O)c1cc(N)cnc1N(C)Cc1ccncc1. The first kappa shape index (κ1) is 13.8. The zero-order valence-corrected chi connectivity index (χ0v) is 11.4. The fourth-order valence-corrected chi connectivity index (χ4v) is 1.87. The number of carbonyl (C=O) groups excluding carboxylic acids is 1. The number of nitrogens with two attached hydrogens (primary N) is 1. The van der Waals surface area contributed by atoms with E-state index in [9.17, 15) is 4.79 Å². The average Bonchev–Trinajstić information content (AvgIpc) is 2.47. The summed E-state index contributed by atoms with van der Waals surface area (Å²) in [6, 6.07) is 5.38. The number of hydrogen-bond acceptors (Lipinski definition) is 6. The van der Waals surface area contributed by atoms with Gasteiger partial charge in [-0.05, 0) is 23.8 Å². The fourth-order valence-electron chi connectivity index (χ4n) is 1.87. The van der Waals surface area contributed by atoms with Gasteiger partial charge in [-0.3, -0.25) is 4.98 Å². The van der Waals surface area contributed by atoms with Gasteiger partial charge in [-0.1, -0.05) is 0 Å². The van der Waals surface area contributed by atoms with Crippen LogP contribution in [0.15, 0.2) is 36.8 Å². The Balaban J connectivity index is 2.29. The lowest BCUT2D eigenvalue weighted by molar-refractivity contribution is 0.0601. The summed E-state index contributed by atoms with van der Waals surface area (Å²) in [5, 5.41) is 0. The molecule has 6 heteroatoms. The Hall–Kier alpha value is -2.63. The number of ether oxygens (including phenoxy) is 1. The number of rotatable bonds is 4. The van der Waals surface area contributed by atoms with E-state index in [-0.39, 0.29) is 0 Å². The number of anilines is 2. The highest BCUT2D eigenvalue weighted by molar-refractivity contribution is 5.95. The third-order valence-corrected chi connectivity index (χ3v) is 2.82. The summed E-state index contributed by atoms with van der Waals surface area (Å²) in [5.41, 5.74) is 7.52. The Morgan fingerprint density at radius 3 is 2.75 bits per heavy atom. The van der Waals surface area contributed by atoms with Gasteiger partial charge in [0.1, 0.15) is 11.4 Å². The van der Waals surface area contributed by atoms with E-state index in [1.807, 2.05) is 24.1 Å². The lowest BCUT2D eigenvalue weighted by Gasteiger charge is -2.20. The van der Waals surface area contributed by atoms with Crippen LogP contribution < -0.4 is 10.6 Å². The van der Waals surface area contributed by atoms with Gasteiger partial charge >= 0.3 is 5.97 Å². The zero-order chi connectivity index (χ0) is 14.5. The number of esters is 1. The average molecular weight is 272 g/mol. The number of carbonyl (C=O) groups is 1. The summed E-state index contributed by atoms with van der Waals surface area (Å²) in [6.45, 7) is 0.601. The van der Waals surface area contributed by atoms with Crippen molar-refractivity contribution in [3.8, 4) is 0 Å². The third kappa shape index (κ3) is 3.03. The fraction of sp³-hybridized carbons (Fsp3) is 0.214. The van der Waals surface area contributed by atoms with Crippen LogP contribution in [0, 0.1) is 0 Å². The topological polar surface area (TPSA) is 81.3 Å².